The summed E-state index contributed by atoms with van der Waals surface area (Å²) in [5.74, 6) is -0.268. The summed E-state index contributed by atoms with van der Waals surface area (Å²) in [5.41, 5.74) is 3.33. The Balaban J connectivity index is 1.73. The molecule has 21 heavy (non-hydrogen) atoms. The second-order valence-electron chi connectivity index (χ2n) is 4.70. The lowest BCUT2D eigenvalue weighted by atomic mass is 10.2. The number of hydrogen-bond acceptors (Lipinski definition) is 5. The third-order valence-corrected chi connectivity index (χ3v) is 4.11. The van der Waals surface area contributed by atoms with E-state index in [0.717, 1.165) is 26.9 Å². The van der Waals surface area contributed by atoms with Crippen LogP contribution < -0.4 is 5.32 Å². The molecule has 1 N–H and O–H groups in total. The average molecular weight is 299 g/mol. The van der Waals surface area contributed by atoms with Gasteiger partial charge in [-0.3, -0.25) is 5.32 Å². The van der Waals surface area contributed by atoms with Gasteiger partial charge in [-0.25, -0.2) is 9.37 Å². The largest absolute Gasteiger partial charge is 0.423 e. The molecule has 0 bridgehead atoms. The number of halogens is 1. The SMILES string of the molecule is Cc1cccc2nc(Nc3nc4ccc(F)cc4s3)oc12. The van der Waals surface area contributed by atoms with E-state index in [1.165, 1.54) is 23.5 Å². The molecular formula is C15H10FN3OS. The van der Waals surface area contributed by atoms with Crippen LogP contribution in [0.3, 0.4) is 0 Å². The number of para-hydroxylation sites is 1. The highest BCUT2D eigenvalue weighted by Crippen LogP contribution is 2.30. The van der Waals surface area contributed by atoms with E-state index in [2.05, 4.69) is 15.3 Å². The minimum Gasteiger partial charge on any atom is -0.423 e. The zero-order valence-corrected chi connectivity index (χ0v) is 11.9. The van der Waals surface area contributed by atoms with Gasteiger partial charge in [-0.2, -0.15) is 4.98 Å². The maximum Gasteiger partial charge on any atom is 0.302 e. The number of thiazole rings is 1. The van der Waals surface area contributed by atoms with Crippen LogP contribution >= 0.6 is 11.3 Å². The zero-order valence-electron chi connectivity index (χ0n) is 11.1. The fraction of sp³-hybridized carbons (Fsp3) is 0.0667. The molecule has 0 saturated carbocycles. The van der Waals surface area contributed by atoms with Gasteiger partial charge in [-0.15, -0.1) is 0 Å². The van der Waals surface area contributed by atoms with Crippen molar-refractivity contribution in [2.75, 3.05) is 5.32 Å². The number of aromatic nitrogens is 2. The van der Waals surface area contributed by atoms with Gasteiger partial charge in [0.1, 0.15) is 11.3 Å². The predicted molar refractivity (Wildman–Crippen MR) is 81.6 cm³/mol. The summed E-state index contributed by atoms with van der Waals surface area (Å²) >= 11 is 1.36. The van der Waals surface area contributed by atoms with Gasteiger partial charge >= 0.3 is 6.01 Å². The summed E-state index contributed by atoms with van der Waals surface area (Å²) in [6.45, 7) is 1.97. The van der Waals surface area contributed by atoms with Crippen molar-refractivity contribution < 1.29 is 8.81 Å². The molecule has 104 valence electrons. The predicted octanol–water partition coefficient (Wildman–Crippen LogP) is 4.63. The standard InChI is InChI=1S/C15H10FN3OS/c1-8-3-2-4-11-13(8)20-14(17-11)19-15-18-10-6-5-9(16)7-12(10)21-15/h2-7H,1H3,(H,17,18,19). The van der Waals surface area contributed by atoms with Crippen LogP contribution in [0.15, 0.2) is 40.8 Å². The lowest BCUT2D eigenvalue weighted by molar-refractivity contribution is 0.620. The molecule has 6 heteroatoms. The maximum atomic E-state index is 13.2. The molecule has 0 saturated heterocycles. The number of nitrogens with zero attached hydrogens (tertiary/aromatic N) is 2. The number of nitrogens with one attached hydrogen (secondary N) is 1. The van der Waals surface area contributed by atoms with Crippen molar-refractivity contribution in [3.05, 3.63) is 47.8 Å². The van der Waals surface area contributed by atoms with Crippen molar-refractivity contribution in [1.29, 1.82) is 0 Å². The fourth-order valence-electron chi connectivity index (χ4n) is 2.18. The van der Waals surface area contributed by atoms with Crippen LogP contribution in [0.4, 0.5) is 15.5 Å². The van der Waals surface area contributed by atoms with Crippen molar-refractivity contribution in [2.45, 2.75) is 6.92 Å². The van der Waals surface area contributed by atoms with Gasteiger partial charge in [0.2, 0.25) is 0 Å². The van der Waals surface area contributed by atoms with Gasteiger partial charge in [0.25, 0.3) is 0 Å². The van der Waals surface area contributed by atoms with E-state index in [9.17, 15) is 4.39 Å². The molecular weight excluding hydrogens is 289 g/mol. The summed E-state index contributed by atoms with van der Waals surface area (Å²) < 4.78 is 19.7. The van der Waals surface area contributed by atoms with Crippen molar-refractivity contribution >= 4 is 43.8 Å². The van der Waals surface area contributed by atoms with Gasteiger partial charge in [0.05, 0.1) is 10.2 Å². The van der Waals surface area contributed by atoms with Crippen LogP contribution in [-0.4, -0.2) is 9.97 Å². The average Bonchev–Trinajstić information content (AvgIpc) is 3.02. The van der Waals surface area contributed by atoms with Gasteiger partial charge in [0, 0.05) is 0 Å². The molecule has 0 fully saturated rings. The topological polar surface area (TPSA) is 51.0 Å². The molecule has 0 atom stereocenters. The van der Waals surface area contributed by atoms with E-state index in [4.69, 9.17) is 4.42 Å². The van der Waals surface area contributed by atoms with Gasteiger partial charge in [-0.05, 0) is 36.8 Å². The van der Waals surface area contributed by atoms with Crippen LogP contribution in [0.25, 0.3) is 21.3 Å². The minimum absolute atomic E-state index is 0.268. The van der Waals surface area contributed by atoms with Crippen LogP contribution in [0.5, 0.6) is 0 Å². The quantitative estimate of drug-likeness (QED) is 0.586. The number of hydrogen-bond donors (Lipinski definition) is 1. The molecule has 2 aromatic carbocycles. The molecule has 2 heterocycles. The number of aryl methyl sites for hydroxylation is 1. The van der Waals surface area contributed by atoms with Gasteiger partial charge in [0.15, 0.2) is 10.7 Å². The lowest BCUT2D eigenvalue weighted by Gasteiger charge is -1.93. The first-order valence-electron chi connectivity index (χ1n) is 6.38. The highest BCUT2D eigenvalue weighted by molar-refractivity contribution is 7.22. The Bertz CT molecular complexity index is 960. The van der Waals surface area contributed by atoms with Crippen molar-refractivity contribution in [2.24, 2.45) is 0 Å². The molecule has 0 aliphatic rings. The van der Waals surface area contributed by atoms with Crippen molar-refractivity contribution in [1.82, 2.24) is 9.97 Å². The maximum absolute atomic E-state index is 13.2. The number of anilines is 2. The summed E-state index contributed by atoms with van der Waals surface area (Å²) in [5, 5.41) is 3.66. The molecule has 2 aromatic heterocycles. The highest BCUT2D eigenvalue weighted by Gasteiger charge is 2.10. The third-order valence-electron chi connectivity index (χ3n) is 3.18. The van der Waals surface area contributed by atoms with Crippen molar-refractivity contribution in [3.8, 4) is 0 Å². The number of oxazole rings is 1. The van der Waals surface area contributed by atoms with Crippen LogP contribution in [0.1, 0.15) is 5.56 Å². The molecule has 4 aromatic rings. The monoisotopic (exact) mass is 299 g/mol. The van der Waals surface area contributed by atoms with E-state index < -0.39 is 0 Å². The number of benzene rings is 2. The van der Waals surface area contributed by atoms with E-state index in [0.29, 0.717) is 11.1 Å². The second-order valence-corrected chi connectivity index (χ2v) is 5.73. The molecule has 0 radical (unpaired) electrons. The van der Waals surface area contributed by atoms with E-state index in [1.54, 1.807) is 6.07 Å². The molecule has 0 aliphatic carbocycles. The lowest BCUT2D eigenvalue weighted by Crippen LogP contribution is -1.88. The first-order valence-corrected chi connectivity index (χ1v) is 7.20. The Kier molecular flexibility index (Phi) is 2.65. The second kappa shape index (κ2) is 4.53. The van der Waals surface area contributed by atoms with Crippen molar-refractivity contribution in [3.63, 3.8) is 0 Å². The first-order chi connectivity index (χ1) is 10.2. The summed E-state index contributed by atoms with van der Waals surface area (Å²) in [6, 6.07) is 10.7. The Morgan fingerprint density at radius 2 is 2.05 bits per heavy atom. The van der Waals surface area contributed by atoms with E-state index in [-0.39, 0.29) is 5.82 Å². The minimum atomic E-state index is -0.268. The Hall–Kier alpha value is -2.47. The third kappa shape index (κ3) is 2.13. The zero-order chi connectivity index (χ0) is 14.4. The number of rotatable bonds is 2. The van der Waals surface area contributed by atoms with Gasteiger partial charge < -0.3 is 4.42 Å². The smallest absolute Gasteiger partial charge is 0.302 e. The molecule has 0 spiro atoms. The molecule has 4 nitrogen and oxygen atoms in total. The Morgan fingerprint density at radius 3 is 2.90 bits per heavy atom. The van der Waals surface area contributed by atoms with E-state index >= 15 is 0 Å². The fourth-order valence-corrected chi connectivity index (χ4v) is 3.06. The highest BCUT2D eigenvalue weighted by atomic mass is 32.1. The summed E-state index contributed by atoms with van der Waals surface area (Å²) in [7, 11) is 0. The normalized spacial score (nSPS) is 11.3. The number of fused-ring (bicyclic) bond motifs is 2. The molecule has 0 amide bonds. The summed E-state index contributed by atoms with van der Waals surface area (Å²) in [4.78, 5) is 8.75. The Morgan fingerprint density at radius 1 is 1.14 bits per heavy atom. The van der Waals surface area contributed by atoms with Crippen LogP contribution in [0.2, 0.25) is 0 Å². The Labute approximate surface area is 123 Å². The van der Waals surface area contributed by atoms with Crippen LogP contribution in [0, 0.1) is 12.7 Å². The molecule has 0 unspecified atom stereocenters. The molecule has 0 aliphatic heterocycles. The molecule has 4 rings (SSSR count). The first kappa shape index (κ1) is 12.3. The van der Waals surface area contributed by atoms with Crippen LogP contribution in [-0.2, 0) is 0 Å². The summed E-state index contributed by atoms with van der Waals surface area (Å²) in [6.07, 6.45) is 0. The van der Waals surface area contributed by atoms with Gasteiger partial charge in [-0.1, -0.05) is 23.5 Å². The van der Waals surface area contributed by atoms with E-state index in [1.807, 2.05) is 25.1 Å².